The van der Waals surface area contributed by atoms with Crippen molar-refractivity contribution in [2.24, 2.45) is 4.99 Å². The number of para-hydroxylation sites is 1. The van der Waals surface area contributed by atoms with E-state index < -0.39 is 0 Å². The lowest BCUT2D eigenvalue weighted by atomic mass is 10.2. The minimum absolute atomic E-state index is 0.451. The molecule has 0 aliphatic rings. The van der Waals surface area contributed by atoms with Crippen LogP contribution in [0.2, 0.25) is 0 Å². The molecule has 0 radical (unpaired) electrons. The van der Waals surface area contributed by atoms with E-state index in [2.05, 4.69) is 33.6 Å². The minimum atomic E-state index is 0.451. The summed E-state index contributed by atoms with van der Waals surface area (Å²) in [7, 11) is 0. The minimum Gasteiger partial charge on any atom is -0.357 e. The van der Waals surface area contributed by atoms with E-state index in [9.17, 15) is 0 Å². The number of nitrogens with zero attached hydrogens (tertiary/aromatic N) is 3. The van der Waals surface area contributed by atoms with Gasteiger partial charge in [-0.2, -0.15) is 5.10 Å². The van der Waals surface area contributed by atoms with Gasteiger partial charge in [-0.05, 0) is 32.9 Å². The Labute approximate surface area is 137 Å². The summed E-state index contributed by atoms with van der Waals surface area (Å²) in [6, 6.07) is 10.1. The summed E-state index contributed by atoms with van der Waals surface area (Å²) in [5.41, 5.74) is 4.28. The van der Waals surface area contributed by atoms with Gasteiger partial charge in [0.2, 0.25) is 0 Å². The number of aromatic nitrogens is 2. The van der Waals surface area contributed by atoms with Crippen LogP contribution >= 0.6 is 0 Å². The molecule has 1 aromatic carbocycles. The van der Waals surface area contributed by atoms with Crippen molar-refractivity contribution in [3.8, 4) is 18.0 Å². The highest BCUT2D eigenvalue weighted by Gasteiger charge is 2.12. The lowest BCUT2D eigenvalue weighted by molar-refractivity contribution is 0.831. The highest BCUT2D eigenvalue weighted by molar-refractivity contribution is 5.80. The number of hydrogen-bond acceptors (Lipinski definition) is 2. The van der Waals surface area contributed by atoms with Gasteiger partial charge in [0.05, 0.1) is 24.5 Å². The lowest BCUT2D eigenvalue weighted by Crippen LogP contribution is -2.37. The second kappa shape index (κ2) is 8.04. The van der Waals surface area contributed by atoms with Crippen molar-refractivity contribution in [1.29, 1.82) is 0 Å². The Morgan fingerprint density at radius 3 is 2.65 bits per heavy atom. The molecule has 0 fully saturated rings. The SMILES string of the molecule is C#CCNC(=NCc1c(C)nn(-c2ccccc2)c1C)NCC. The average Bonchev–Trinajstić information content (AvgIpc) is 2.85. The molecule has 0 aliphatic heterocycles. The first-order valence-electron chi connectivity index (χ1n) is 7.73. The molecule has 2 aromatic rings. The van der Waals surface area contributed by atoms with Gasteiger partial charge in [-0.1, -0.05) is 24.1 Å². The molecule has 1 aromatic heterocycles. The molecule has 2 N–H and O–H groups in total. The van der Waals surface area contributed by atoms with E-state index in [1.165, 1.54) is 0 Å². The Morgan fingerprint density at radius 1 is 1.26 bits per heavy atom. The van der Waals surface area contributed by atoms with E-state index in [4.69, 9.17) is 6.42 Å². The Bertz CT molecular complexity index is 707. The van der Waals surface area contributed by atoms with Crippen molar-refractivity contribution in [3.63, 3.8) is 0 Å². The van der Waals surface area contributed by atoms with Gasteiger partial charge in [0.15, 0.2) is 5.96 Å². The standard InChI is InChI=1S/C18H23N5/c1-5-12-20-18(19-6-2)21-13-17-14(3)22-23(15(17)4)16-10-8-7-9-11-16/h1,7-11H,6,12-13H2,2-4H3,(H2,19,20,21). The van der Waals surface area contributed by atoms with Crippen molar-refractivity contribution in [2.45, 2.75) is 27.3 Å². The van der Waals surface area contributed by atoms with Gasteiger partial charge >= 0.3 is 0 Å². The van der Waals surface area contributed by atoms with Crippen molar-refractivity contribution in [1.82, 2.24) is 20.4 Å². The maximum Gasteiger partial charge on any atom is 0.192 e. The lowest BCUT2D eigenvalue weighted by Gasteiger charge is -2.09. The maximum atomic E-state index is 5.29. The first-order valence-corrected chi connectivity index (χ1v) is 7.73. The Balaban J connectivity index is 2.23. The topological polar surface area (TPSA) is 54.2 Å². The third-order valence-electron chi connectivity index (χ3n) is 3.54. The quantitative estimate of drug-likeness (QED) is 0.506. The van der Waals surface area contributed by atoms with E-state index in [1.807, 2.05) is 48.9 Å². The highest BCUT2D eigenvalue weighted by atomic mass is 15.3. The second-order valence-electron chi connectivity index (χ2n) is 5.15. The molecule has 0 saturated carbocycles. The van der Waals surface area contributed by atoms with Crippen molar-refractivity contribution >= 4 is 5.96 Å². The molecule has 1 heterocycles. The largest absolute Gasteiger partial charge is 0.357 e. The van der Waals surface area contributed by atoms with Gasteiger partial charge in [-0.15, -0.1) is 6.42 Å². The van der Waals surface area contributed by atoms with Crippen LogP contribution in [0.5, 0.6) is 0 Å². The molecule has 0 aliphatic carbocycles. The highest BCUT2D eigenvalue weighted by Crippen LogP contribution is 2.18. The second-order valence-corrected chi connectivity index (χ2v) is 5.15. The zero-order valence-electron chi connectivity index (χ0n) is 13.9. The summed E-state index contributed by atoms with van der Waals surface area (Å²) in [5.74, 6) is 3.27. The summed E-state index contributed by atoms with van der Waals surface area (Å²) < 4.78 is 1.96. The third-order valence-corrected chi connectivity index (χ3v) is 3.54. The number of hydrogen-bond donors (Lipinski definition) is 2. The smallest absolute Gasteiger partial charge is 0.192 e. The van der Waals surface area contributed by atoms with Crippen LogP contribution in [0, 0.1) is 26.2 Å². The first-order chi connectivity index (χ1) is 11.2. The van der Waals surface area contributed by atoms with Gasteiger partial charge in [0, 0.05) is 17.8 Å². The number of aliphatic imine (C=N–C) groups is 1. The fraction of sp³-hybridized carbons (Fsp3) is 0.333. The van der Waals surface area contributed by atoms with Gasteiger partial charge < -0.3 is 10.6 Å². The zero-order valence-corrected chi connectivity index (χ0v) is 13.9. The number of guanidine groups is 1. The summed E-state index contributed by atoms with van der Waals surface area (Å²) >= 11 is 0. The average molecular weight is 309 g/mol. The molecule has 0 bridgehead atoms. The van der Waals surface area contributed by atoms with Gasteiger partial charge in [0.25, 0.3) is 0 Å². The van der Waals surface area contributed by atoms with Gasteiger partial charge in [-0.3, -0.25) is 0 Å². The zero-order chi connectivity index (χ0) is 16.7. The molecule has 0 unspecified atom stereocenters. The summed E-state index contributed by atoms with van der Waals surface area (Å²) in [4.78, 5) is 4.60. The van der Waals surface area contributed by atoms with Crippen LogP contribution in [0.1, 0.15) is 23.9 Å². The summed E-state index contributed by atoms with van der Waals surface area (Å²) in [5, 5.41) is 10.9. The molecule has 23 heavy (non-hydrogen) atoms. The molecule has 0 atom stereocenters. The Hall–Kier alpha value is -2.74. The fourth-order valence-electron chi connectivity index (χ4n) is 2.36. The van der Waals surface area contributed by atoms with E-state index in [0.717, 1.165) is 35.1 Å². The van der Waals surface area contributed by atoms with Crippen LogP contribution in [0.3, 0.4) is 0 Å². The van der Waals surface area contributed by atoms with Crippen LogP contribution in [0.4, 0.5) is 0 Å². The van der Waals surface area contributed by atoms with Crippen LogP contribution in [0.15, 0.2) is 35.3 Å². The maximum absolute atomic E-state index is 5.29. The normalized spacial score (nSPS) is 11.1. The fourth-order valence-corrected chi connectivity index (χ4v) is 2.36. The number of rotatable bonds is 5. The van der Waals surface area contributed by atoms with Crippen molar-refractivity contribution in [2.75, 3.05) is 13.1 Å². The molecular formula is C18H23N5. The predicted molar refractivity (Wildman–Crippen MR) is 94.7 cm³/mol. The number of nitrogens with one attached hydrogen (secondary N) is 2. The van der Waals surface area contributed by atoms with Crippen molar-refractivity contribution < 1.29 is 0 Å². The molecular weight excluding hydrogens is 286 g/mol. The van der Waals surface area contributed by atoms with Crippen LogP contribution in [-0.2, 0) is 6.54 Å². The van der Waals surface area contributed by atoms with Crippen LogP contribution in [0.25, 0.3) is 5.69 Å². The molecule has 5 heteroatoms. The molecule has 0 spiro atoms. The molecule has 0 saturated heterocycles. The Morgan fingerprint density at radius 2 is 2.00 bits per heavy atom. The first kappa shape index (κ1) is 16.6. The molecule has 120 valence electrons. The number of benzene rings is 1. The van der Waals surface area contributed by atoms with E-state index in [1.54, 1.807) is 0 Å². The number of terminal acetylenes is 1. The molecule has 2 rings (SSSR count). The predicted octanol–water partition coefficient (Wildman–Crippen LogP) is 2.18. The summed E-state index contributed by atoms with van der Waals surface area (Å²) in [6.07, 6.45) is 5.29. The van der Waals surface area contributed by atoms with E-state index in [0.29, 0.717) is 13.1 Å². The monoisotopic (exact) mass is 309 g/mol. The summed E-state index contributed by atoms with van der Waals surface area (Å²) in [6.45, 7) is 7.91. The third kappa shape index (κ3) is 4.13. The van der Waals surface area contributed by atoms with E-state index >= 15 is 0 Å². The van der Waals surface area contributed by atoms with Crippen molar-refractivity contribution in [3.05, 3.63) is 47.3 Å². The van der Waals surface area contributed by atoms with Crippen LogP contribution < -0.4 is 10.6 Å². The molecule has 5 nitrogen and oxygen atoms in total. The van der Waals surface area contributed by atoms with E-state index in [-0.39, 0.29) is 0 Å². The number of aryl methyl sites for hydroxylation is 1. The van der Waals surface area contributed by atoms with Gasteiger partial charge in [-0.25, -0.2) is 9.67 Å². The van der Waals surface area contributed by atoms with Crippen LogP contribution in [-0.4, -0.2) is 28.8 Å². The Kier molecular flexibility index (Phi) is 5.81. The van der Waals surface area contributed by atoms with Gasteiger partial charge in [0.1, 0.15) is 0 Å². The molecule has 0 amide bonds.